The van der Waals surface area contributed by atoms with Crippen LogP contribution in [0.2, 0.25) is 0 Å². The fourth-order valence-electron chi connectivity index (χ4n) is 16.1. The van der Waals surface area contributed by atoms with Crippen molar-refractivity contribution >= 4 is 57.3 Å². The third kappa shape index (κ3) is 12.8. The number of hydrogen-bond donors (Lipinski definition) is 2. The number of rotatable bonds is 14. The molecule has 12 aromatic rings. The van der Waals surface area contributed by atoms with E-state index >= 15 is 0 Å². The van der Waals surface area contributed by atoms with Crippen molar-refractivity contribution in [2.45, 2.75) is 114 Å². The summed E-state index contributed by atoms with van der Waals surface area (Å²) in [6.07, 6.45) is 22.9. The molecule has 0 amide bonds. The lowest BCUT2D eigenvalue weighted by Crippen LogP contribution is -2.30. The van der Waals surface area contributed by atoms with E-state index in [9.17, 15) is 28.2 Å². The second-order valence-electron chi connectivity index (χ2n) is 28.4. The van der Waals surface area contributed by atoms with Crippen molar-refractivity contribution in [3.05, 3.63) is 214 Å². The van der Waals surface area contributed by atoms with Crippen LogP contribution in [0, 0.1) is 17.5 Å². The average Bonchev–Trinajstić information content (AvgIpc) is 1.58. The Morgan fingerprint density at radius 3 is 1.17 bits per heavy atom. The maximum Gasteiger partial charge on any atom is 0.325 e. The van der Waals surface area contributed by atoms with Crippen molar-refractivity contribution in [3.63, 3.8) is 0 Å². The second kappa shape index (κ2) is 27.4. The van der Waals surface area contributed by atoms with Gasteiger partial charge in [-0.1, -0.05) is 0 Å². The van der Waals surface area contributed by atoms with Gasteiger partial charge in [0.1, 0.15) is 24.0 Å². The lowest BCUT2D eigenvalue weighted by molar-refractivity contribution is -0.137. The van der Waals surface area contributed by atoms with Crippen LogP contribution >= 0.6 is 0 Å². The standard InChI is InChI=1S/C28H29FN4O2.C27H25FN4O2.C26H23FN4O3/c1-28(2,34)17-32-16-21(15-31-32)26-24-11-19-13-30-14-20(19)12-25(24)33(23-5-3-22(29)4-6-23)27(26)18-7-9-35-10-8-18;28-21-1-3-22(4-2-21)32-25-10-19-12-29-11-18(19)9-24(25)26(27(32)17-5-7-33-8-6-17)20-13-30-31(14-20)23-15-34-16-23;27-20-1-3-21(4-2-20)31-23-10-18-12-28-11-17(18)9-22(23)25(26(31)16-5-7-34-8-6-16)19-13-29-30(14-19)15-24(32)33/h3-6,11-12,14-16,18,34H,7-10,13,17H2,1-2H3;1-4,9-10,12-14,17,23H,5-8,11,15-16H2;1-4,9-10,12-14,16H,5-8,11,15H2,(H,32,33). The van der Waals surface area contributed by atoms with Gasteiger partial charge in [-0.2, -0.15) is 15.3 Å². The fraction of sp³-hybridized carbons (Fsp3) is 0.321. The van der Waals surface area contributed by atoms with Gasteiger partial charge in [-0.05, 0) is 195 Å². The number of carbonyl (C=O) groups is 1. The van der Waals surface area contributed by atoms with E-state index in [0.29, 0.717) is 64.6 Å². The molecule has 0 atom stereocenters. The Morgan fingerprint density at radius 2 is 0.825 bits per heavy atom. The predicted octanol–water partition coefficient (Wildman–Crippen LogP) is 14.8. The summed E-state index contributed by atoms with van der Waals surface area (Å²) in [6, 6.07) is 33.7. The molecule has 4 saturated heterocycles. The van der Waals surface area contributed by atoms with Crippen molar-refractivity contribution in [2.24, 2.45) is 15.0 Å². The molecule has 0 spiro atoms. The fourth-order valence-corrected chi connectivity index (χ4v) is 16.1. The molecule has 0 saturated carbocycles. The van der Waals surface area contributed by atoms with E-state index in [0.717, 1.165) is 165 Å². The van der Waals surface area contributed by atoms with Crippen molar-refractivity contribution in [1.82, 2.24) is 43.0 Å². The summed E-state index contributed by atoms with van der Waals surface area (Å²) in [4.78, 5) is 24.7. The molecule has 0 unspecified atom stereocenters. The number of benzene rings is 6. The molecule has 6 aromatic heterocycles. The molecule has 524 valence electrons. The Labute approximate surface area is 591 Å². The molecular weight excluding hydrogens is 1310 g/mol. The first-order chi connectivity index (χ1) is 50.2. The van der Waals surface area contributed by atoms with Gasteiger partial charge in [0.15, 0.2) is 0 Å². The number of aromatic nitrogens is 9. The molecule has 103 heavy (non-hydrogen) atoms. The van der Waals surface area contributed by atoms with Gasteiger partial charge in [-0.3, -0.25) is 33.8 Å². The first kappa shape index (κ1) is 65.9. The van der Waals surface area contributed by atoms with Gasteiger partial charge in [0.2, 0.25) is 0 Å². The molecule has 0 aliphatic carbocycles. The van der Waals surface area contributed by atoms with Crippen LogP contribution in [0.1, 0.15) is 127 Å². The van der Waals surface area contributed by atoms with Crippen LogP contribution in [0.5, 0.6) is 0 Å². The monoisotopic (exact) mass is 1390 g/mol. The van der Waals surface area contributed by atoms with Crippen LogP contribution in [0.15, 0.2) is 161 Å². The summed E-state index contributed by atoms with van der Waals surface area (Å²) < 4.78 is 76.2. The molecule has 0 bridgehead atoms. The summed E-state index contributed by atoms with van der Waals surface area (Å²) in [6.45, 7) is 11.5. The van der Waals surface area contributed by atoms with E-state index in [1.807, 2.05) is 66.2 Å². The second-order valence-corrected chi connectivity index (χ2v) is 28.4. The molecule has 6 aromatic carbocycles. The van der Waals surface area contributed by atoms with E-state index in [4.69, 9.17) is 24.0 Å². The number of aliphatic imine (C=N–C) groups is 3. The van der Waals surface area contributed by atoms with Crippen LogP contribution < -0.4 is 0 Å². The topological polar surface area (TPSA) is 200 Å². The van der Waals surface area contributed by atoms with E-state index in [1.165, 1.54) is 74.5 Å². The Hall–Kier alpha value is -10.4. The number of ether oxygens (including phenoxy) is 4. The highest BCUT2D eigenvalue weighted by Gasteiger charge is 2.35. The first-order valence-electron chi connectivity index (χ1n) is 35.5. The summed E-state index contributed by atoms with van der Waals surface area (Å²) in [5.74, 6) is -0.854. The van der Waals surface area contributed by atoms with E-state index in [2.05, 4.69) is 81.5 Å². The summed E-state index contributed by atoms with van der Waals surface area (Å²) in [7, 11) is 0. The lowest BCUT2D eigenvalue weighted by atomic mass is 9.90. The zero-order chi connectivity index (χ0) is 70.0. The smallest absolute Gasteiger partial charge is 0.325 e. The molecule has 2 N–H and O–H groups in total. The summed E-state index contributed by atoms with van der Waals surface area (Å²) in [5.41, 5.74) is 22.1. The normalized spacial score (nSPS) is 16.9. The van der Waals surface area contributed by atoms with E-state index < -0.39 is 11.6 Å². The molecule has 19 nitrogen and oxygen atoms in total. The number of hydrogen-bond acceptors (Lipinski definition) is 12. The lowest BCUT2D eigenvalue weighted by Gasteiger charge is -2.26. The van der Waals surface area contributed by atoms with Crippen molar-refractivity contribution in [1.29, 1.82) is 0 Å². The highest BCUT2D eigenvalue weighted by Crippen LogP contribution is 2.49. The molecule has 7 aliphatic rings. The molecule has 0 radical (unpaired) electrons. The van der Waals surface area contributed by atoms with Crippen LogP contribution in [-0.4, -0.2) is 136 Å². The Balaban J connectivity index is 0.000000115. The van der Waals surface area contributed by atoms with Crippen LogP contribution in [0.4, 0.5) is 13.2 Å². The molecule has 19 rings (SSSR count). The molecule has 13 heterocycles. The van der Waals surface area contributed by atoms with Crippen molar-refractivity contribution in [2.75, 3.05) is 52.9 Å². The van der Waals surface area contributed by atoms with Gasteiger partial charge < -0.3 is 42.9 Å². The zero-order valence-corrected chi connectivity index (χ0v) is 57.3. The summed E-state index contributed by atoms with van der Waals surface area (Å²) >= 11 is 0. The van der Waals surface area contributed by atoms with Gasteiger partial charge in [0.25, 0.3) is 0 Å². The molecule has 4 fully saturated rings. The maximum absolute atomic E-state index is 13.9. The largest absolute Gasteiger partial charge is 0.480 e. The van der Waals surface area contributed by atoms with Crippen molar-refractivity contribution < 1.29 is 47.1 Å². The van der Waals surface area contributed by atoms with Gasteiger partial charge >= 0.3 is 5.97 Å². The van der Waals surface area contributed by atoms with Gasteiger partial charge in [0, 0.05) is 178 Å². The quantitative estimate of drug-likeness (QED) is 0.106. The van der Waals surface area contributed by atoms with Gasteiger partial charge in [-0.15, -0.1) is 0 Å². The highest BCUT2D eigenvalue weighted by molar-refractivity contribution is 6.06. The van der Waals surface area contributed by atoms with E-state index in [1.54, 1.807) is 43.1 Å². The minimum absolute atomic E-state index is 0.202. The molecular formula is C81H77F3N12O7. The van der Waals surface area contributed by atoms with Crippen LogP contribution in [0.25, 0.3) is 83.2 Å². The molecule has 7 aliphatic heterocycles. The Bertz CT molecular complexity index is 5300. The van der Waals surface area contributed by atoms with E-state index in [-0.39, 0.29) is 35.8 Å². The number of fused-ring (bicyclic) bond motifs is 6. The Kier molecular flexibility index (Phi) is 17.6. The SMILES string of the molecule is CC(C)(O)Cn1cc(-c2c(C3CCOCC3)n(-c3ccc(F)cc3)c3cc4c(cc23)CN=C4)cn1.Fc1ccc(-n2c(C3CCOCC3)c(-c3cnn(C4COC4)c3)c3cc4c(cc32)C=NC4)cc1.O=C(O)Cn1cc(-c2c(C3CCOCC3)n(-c3ccc(F)cc3)c3cc4c(cc23)CN=C4)cn1. The number of aliphatic hydroxyl groups is 1. The average molecular weight is 1390 g/mol. The number of carboxylic acid groups (broad SMARTS) is 1. The van der Waals surface area contributed by atoms with Gasteiger partial charge in [-0.25, -0.2) is 13.2 Å². The maximum atomic E-state index is 13.9. The zero-order valence-electron chi connectivity index (χ0n) is 57.3. The molecule has 22 heteroatoms. The Morgan fingerprint density at radius 1 is 0.476 bits per heavy atom. The predicted molar refractivity (Wildman–Crippen MR) is 389 cm³/mol. The van der Waals surface area contributed by atoms with Gasteiger partial charge in [0.05, 0.1) is 86.2 Å². The van der Waals surface area contributed by atoms with Crippen LogP contribution in [-0.2, 0) is 56.5 Å². The number of carboxylic acids is 1. The number of nitrogens with zero attached hydrogens (tertiary/aromatic N) is 12. The first-order valence-corrected chi connectivity index (χ1v) is 35.5. The summed E-state index contributed by atoms with van der Waals surface area (Å²) in [5, 5.41) is 36.6. The third-order valence-electron chi connectivity index (χ3n) is 20.9. The highest BCUT2D eigenvalue weighted by atomic mass is 19.1. The third-order valence-corrected chi connectivity index (χ3v) is 20.9. The number of halogens is 3. The minimum atomic E-state index is -0.942. The number of aliphatic carboxylic acids is 1. The minimum Gasteiger partial charge on any atom is -0.480 e. The van der Waals surface area contributed by atoms with Crippen LogP contribution in [0.3, 0.4) is 0 Å². The van der Waals surface area contributed by atoms with Crippen molar-refractivity contribution in [3.8, 4) is 50.4 Å².